The van der Waals surface area contributed by atoms with Crippen LogP contribution in [0.1, 0.15) is 32.8 Å². The van der Waals surface area contributed by atoms with E-state index in [1.54, 1.807) is 0 Å². The highest BCUT2D eigenvalue weighted by Gasteiger charge is 2.28. The molecule has 116 valence electrons. The van der Waals surface area contributed by atoms with Crippen LogP contribution in [0.25, 0.3) is 0 Å². The molecule has 0 aliphatic rings. The van der Waals surface area contributed by atoms with Crippen LogP contribution < -0.4 is 5.73 Å². The van der Waals surface area contributed by atoms with Crippen molar-refractivity contribution in [3.63, 3.8) is 0 Å². The van der Waals surface area contributed by atoms with Crippen molar-refractivity contribution in [2.75, 3.05) is 13.1 Å². The number of halogens is 1. The second-order valence-corrected chi connectivity index (χ2v) is 6.71. The van der Waals surface area contributed by atoms with Gasteiger partial charge in [0.15, 0.2) is 0 Å². The Morgan fingerprint density at radius 1 is 1.38 bits per heavy atom. The smallest absolute Gasteiger partial charge is 0.244 e. The lowest BCUT2D eigenvalue weighted by atomic mass is 10.2. The number of hydrogen-bond acceptors (Lipinski definition) is 3. The molecule has 0 aromatic heterocycles. The van der Waals surface area contributed by atoms with E-state index in [2.05, 4.69) is 11.8 Å². The van der Waals surface area contributed by atoms with Gasteiger partial charge in [0.2, 0.25) is 10.0 Å². The molecule has 0 atom stereocenters. The van der Waals surface area contributed by atoms with Gasteiger partial charge in [-0.15, -0.1) is 0 Å². The first kappa shape index (κ1) is 17.6. The van der Waals surface area contributed by atoms with Gasteiger partial charge in [0.25, 0.3) is 0 Å². The molecule has 21 heavy (non-hydrogen) atoms. The fraction of sp³-hybridized carbons (Fsp3) is 0.467. The molecular weight excluding hydrogens is 291 g/mol. The van der Waals surface area contributed by atoms with Crippen molar-refractivity contribution >= 4 is 10.0 Å². The molecular formula is C15H21FN2O2S. The Labute approximate surface area is 126 Å². The zero-order valence-corrected chi connectivity index (χ0v) is 13.4. The summed E-state index contributed by atoms with van der Waals surface area (Å²) in [7, 11) is -3.72. The predicted octanol–water partition coefficient (Wildman–Crippen LogP) is 1.95. The lowest BCUT2D eigenvalue weighted by Gasteiger charge is -2.26. The van der Waals surface area contributed by atoms with Crippen molar-refractivity contribution in [1.82, 2.24) is 4.31 Å². The van der Waals surface area contributed by atoms with Crippen LogP contribution in [0.15, 0.2) is 23.1 Å². The van der Waals surface area contributed by atoms with Gasteiger partial charge in [-0.1, -0.05) is 18.8 Å². The lowest BCUT2D eigenvalue weighted by molar-refractivity contribution is 0.354. The van der Waals surface area contributed by atoms with Crippen LogP contribution in [0.5, 0.6) is 0 Å². The van der Waals surface area contributed by atoms with Gasteiger partial charge in [0, 0.05) is 18.2 Å². The van der Waals surface area contributed by atoms with Gasteiger partial charge in [-0.05, 0) is 38.5 Å². The third-order valence-electron chi connectivity index (χ3n) is 2.87. The first-order chi connectivity index (χ1) is 9.84. The molecule has 1 aromatic carbocycles. The number of nitrogens with zero attached hydrogens (tertiary/aromatic N) is 1. The largest absolute Gasteiger partial charge is 0.320 e. The molecule has 4 nitrogen and oxygen atoms in total. The van der Waals surface area contributed by atoms with E-state index in [0.29, 0.717) is 13.0 Å². The van der Waals surface area contributed by atoms with E-state index in [4.69, 9.17) is 5.73 Å². The van der Waals surface area contributed by atoms with Crippen LogP contribution >= 0.6 is 0 Å². The Morgan fingerprint density at radius 2 is 2.05 bits per heavy atom. The molecule has 0 spiro atoms. The van der Waals surface area contributed by atoms with Gasteiger partial charge in [0.05, 0.1) is 11.4 Å². The molecule has 6 heteroatoms. The summed E-state index contributed by atoms with van der Waals surface area (Å²) in [5, 5.41) is 0. The van der Waals surface area contributed by atoms with Crippen LogP contribution in [0.4, 0.5) is 4.39 Å². The number of hydrogen-bond donors (Lipinski definition) is 1. The SMILES string of the molecule is CCCN(C(C)C)S(=O)(=O)c1ccc(F)cc1C#CCN. The number of sulfonamides is 1. The summed E-state index contributed by atoms with van der Waals surface area (Å²) in [4.78, 5) is 0.0204. The molecule has 0 aliphatic heterocycles. The van der Waals surface area contributed by atoms with E-state index in [9.17, 15) is 12.8 Å². The maximum atomic E-state index is 13.4. The van der Waals surface area contributed by atoms with Crippen molar-refractivity contribution in [1.29, 1.82) is 0 Å². The fourth-order valence-corrected chi connectivity index (χ4v) is 3.83. The van der Waals surface area contributed by atoms with E-state index in [0.717, 1.165) is 12.1 Å². The molecule has 0 fully saturated rings. The normalized spacial score (nSPS) is 11.6. The monoisotopic (exact) mass is 312 g/mol. The number of rotatable bonds is 5. The third-order valence-corrected chi connectivity index (χ3v) is 5.01. The minimum absolute atomic E-state index is 0.0204. The van der Waals surface area contributed by atoms with Gasteiger partial charge in [-0.2, -0.15) is 4.31 Å². The molecule has 1 aromatic rings. The molecule has 0 saturated heterocycles. The minimum Gasteiger partial charge on any atom is -0.320 e. The van der Waals surface area contributed by atoms with Crippen LogP contribution in [0.3, 0.4) is 0 Å². The Bertz CT molecular complexity index is 645. The van der Waals surface area contributed by atoms with Gasteiger partial charge in [0.1, 0.15) is 5.82 Å². The average molecular weight is 312 g/mol. The lowest BCUT2D eigenvalue weighted by Crippen LogP contribution is -2.37. The number of benzene rings is 1. The van der Waals surface area contributed by atoms with Crippen LogP contribution in [0.2, 0.25) is 0 Å². The van der Waals surface area contributed by atoms with Gasteiger partial charge >= 0.3 is 0 Å². The van der Waals surface area contributed by atoms with Crippen molar-refractivity contribution in [2.24, 2.45) is 5.73 Å². The molecule has 0 aliphatic carbocycles. The average Bonchev–Trinajstić information content (AvgIpc) is 2.41. The van der Waals surface area contributed by atoms with Crippen LogP contribution in [-0.2, 0) is 10.0 Å². The van der Waals surface area contributed by atoms with Crippen LogP contribution in [-0.4, -0.2) is 31.9 Å². The van der Waals surface area contributed by atoms with Crippen molar-refractivity contribution < 1.29 is 12.8 Å². The van der Waals surface area contributed by atoms with Crippen molar-refractivity contribution in [3.05, 3.63) is 29.6 Å². The van der Waals surface area contributed by atoms with Gasteiger partial charge in [-0.3, -0.25) is 0 Å². The zero-order chi connectivity index (χ0) is 16.0. The van der Waals surface area contributed by atoms with Crippen LogP contribution in [0, 0.1) is 17.7 Å². The van der Waals surface area contributed by atoms with Gasteiger partial charge in [-0.25, -0.2) is 12.8 Å². The molecule has 1 rings (SSSR count). The third kappa shape index (κ3) is 4.27. The molecule has 0 bridgehead atoms. The Hall–Kier alpha value is -1.42. The topological polar surface area (TPSA) is 63.4 Å². The maximum absolute atomic E-state index is 13.4. The highest BCUT2D eigenvalue weighted by molar-refractivity contribution is 7.89. The van der Waals surface area contributed by atoms with E-state index in [1.165, 1.54) is 10.4 Å². The number of nitrogens with two attached hydrogens (primary N) is 1. The second-order valence-electron chi connectivity index (χ2n) is 4.86. The summed E-state index contributed by atoms with van der Waals surface area (Å²) in [5.41, 5.74) is 5.44. The van der Waals surface area contributed by atoms with E-state index < -0.39 is 15.8 Å². The highest BCUT2D eigenvalue weighted by atomic mass is 32.2. The molecule has 0 saturated carbocycles. The summed E-state index contributed by atoms with van der Waals surface area (Å²) in [5.74, 6) is 4.68. The predicted molar refractivity (Wildman–Crippen MR) is 81.7 cm³/mol. The van der Waals surface area contributed by atoms with E-state index in [-0.39, 0.29) is 23.0 Å². The van der Waals surface area contributed by atoms with E-state index in [1.807, 2.05) is 20.8 Å². The van der Waals surface area contributed by atoms with Gasteiger partial charge < -0.3 is 5.73 Å². The molecule has 2 N–H and O–H groups in total. The fourth-order valence-electron chi connectivity index (χ4n) is 1.97. The quantitative estimate of drug-likeness (QED) is 0.845. The van der Waals surface area contributed by atoms with Crippen molar-refractivity contribution in [3.8, 4) is 11.8 Å². The molecule has 0 amide bonds. The molecule has 0 unspecified atom stereocenters. The first-order valence-electron chi connectivity index (χ1n) is 6.85. The highest BCUT2D eigenvalue weighted by Crippen LogP contribution is 2.23. The molecule has 0 radical (unpaired) electrons. The minimum atomic E-state index is -3.72. The summed E-state index contributed by atoms with van der Waals surface area (Å²) in [6.45, 7) is 6.01. The van der Waals surface area contributed by atoms with E-state index >= 15 is 0 Å². The first-order valence-corrected chi connectivity index (χ1v) is 8.29. The Balaban J connectivity index is 3.42. The second kappa shape index (κ2) is 7.55. The zero-order valence-electron chi connectivity index (χ0n) is 12.6. The summed E-state index contributed by atoms with van der Waals surface area (Å²) >= 11 is 0. The standard InChI is InChI=1S/C15H21FN2O2S/c1-4-10-18(12(2)3)21(19,20)15-8-7-14(16)11-13(15)6-5-9-17/h7-8,11-12H,4,9-10,17H2,1-3H3. The Kier molecular flexibility index (Phi) is 6.34. The molecule has 0 heterocycles. The summed E-state index contributed by atoms with van der Waals surface area (Å²) < 4.78 is 40.3. The summed E-state index contributed by atoms with van der Waals surface area (Å²) in [6, 6.07) is 3.33. The maximum Gasteiger partial charge on any atom is 0.244 e. The Morgan fingerprint density at radius 3 is 2.57 bits per heavy atom. The van der Waals surface area contributed by atoms with Crippen molar-refractivity contribution in [2.45, 2.75) is 38.1 Å². The summed E-state index contributed by atoms with van der Waals surface area (Å²) in [6.07, 6.45) is 0.697.